The molecule has 0 atom stereocenters. The summed E-state index contributed by atoms with van der Waals surface area (Å²) in [6.45, 7) is 1.35. The van der Waals surface area contributed by atoms with Crippen molar-refractivity contribution in [3.8, 4) is 0 Å². The minimum Gasteiger partial charge on any atom is -0.468 e. The summed E-state index contributed by atoms with van der Waals surface area (Å²) >= 11 is 0. The minimum atomic E-state index is -0.747. The van der Waals surface area contributed by atoms with Gasteiger partial charge in [-0.1, -0.05) is 0 Å². The highest BCUT2D eigenvalue weighted by atomic mass is 16.5. The maximum atomic E-state index is 12.1. The van der Waals surface area contributed by atoms with Crippen molar-refractivity contribution in [2.24, 2.45) is 0 Å². The van der Waals surface area contributed by atoms with Crippen molar-refractivity contribution in [1.82, 2.24) is 0 Å². The zero-order valence-corrected chi connectivity index (χ0v) is 12.9. The van der Waals surface area contributed by atoms with Crippen LogP contribution >= 0.6 is 0 Å². The molecule has 0 saturated carbocycles. The number of hydrogen-bond donors (Lipinski definition) is 0. The molecule has 22 heavy (non-hydrogen) atoms. The summed E-state index contributed by atoms with van der Waals surface area (Å²) in [5.41, 5.74) is 0.205. The second kappa shape index (κ2) is 8.14. The van der Waals surface area contributed by atoms with Crippen molar-refractivity contribution in [2.45, 2.75) is 13.3 Å². The Morgan fingerprint density at radius 2 is 1.73 bits per heavy atom. The van der Waals surface area contributed by atoms with Crippen LogP contribution in [0.5, 0.6) is 0 Å². The van der Waals surface area contributed by atoms with Gasteiger partial charge in [0.15, 0.2) is 0 Å². The van der Waals surface area contributed by atoms with Crippen LogP contribution < -0.4 is 0 Å². The number of ketones is 1. The summed E-state index contributed by atoms with van der Waals surface area (Å²) in [6, 6.07) is 0. The molecule has 0 radical (unpaired) electrons. The molecule has 0 aromatic carbocycles. The number of allylic oxidation sites excluding steroid dienone is 1. The van der Waals surface area contributed by atoms with Gasteiger partial charge in [0.05, 0.1) is 44.7 Å². The van der Waals surface area contributed by atoms with E-state index in [0.29, 0.717) is 0 Å². The highest BCUT2D eigenvalue weighted by molar-refractivity contribution is 6.05. The topological polar surface area (TPSA) is 88.1 Å². The highest BCUT2D eigenvalue weighted by Crippen LogP contribution is 2.28. The van der Waals surface area contributed by atoms with E-state index in [9.17, 15) is 14.4 Å². The number of esters is 2. The lowest BCUT2D eigenvalue weighted by atomic mass is 9.98. The van der Waals surface area contributed by atoms with Crippen molar-refractivity contribution >= 4 is 17.7 Å². The fourth-order valence-electron chi connectivity index (χ4n) is 1.93. The van der Waals surface area contributed by atoms with Crippen molar-refractivity contribution in [3.05, 3.63) is 34.8 Å². The third-order valence-electron chi connectivity index (χ3n) is 2.85. The normalized spacial score (nSPS) is 14.4. The van der Waals surface area contributed by atoms with Crippen LogP contribution in [0.25, 0.3) is 0 Å². The largest absolute Gasteiger partial charge is 0.468 e. The SMILES string of the molecule is COCC1=C(CC(C)=O)OC=CC(C(=O)OC)=C1C(=O)OC. The summed E-state index contributed by atoms with van der Waals surface area (Å²) in [4.78, 5) is 35.4. The fraction of sp³-hybridized carbons (Fsp3) is 0.400. The first-order chi connectivity index (χ1) is 10.5. The van der Waals surface area contributed by atoms with Gasteiger partial charge in [-0.05, 0) is 13.0 Å². The molecule has 0 aliphatic carbocycles. The van der Waals surface area contributed by atoms with Crippen LogP contribution in [-0.2, 0) is 33.3 Å². The predicted octanol–water partition coefficient (Wildman–Crippen LogP) is 1.05. The lowest BCUT2D eigenvalue weighted by Crippen LogP contribution is -2.18. The summed E-state index contributed by atoms with van der Waals surface area (Å²) in [5.74, 6) is -1.41. The molecule has 1 rings (SSSR count). The Morgan fingerprint density at radius 3 is 2.23 bits per heavy atom. The van der Waals surface area contributed by atoms with Crippen LogP contribution in [0.15, 0.2) is 34.8 Å². The average Bonchev–Trinajstić information content (AvgIpc) is 2.66. The van der Waals surface area contributed by atoms with Gasteiger partial charge in [0.1, 0.15) is 11.5 Å². The molecule has 0 unspecified atom stereocenters. The van der Waals surface area contributed by atoms with Gasteiger partial charge in [0, 0.05) is 12.7 Å². The number of Topliss-reactive ketones (excluding diaryl/α,β-unsaturated/α-hetero) is 1. The Balaban J connectivity index is 3.58. The highest BCUT2D eigenvalue weighted by Gasteiger charge is 2.29. The minimum absolute atomic E-state index is 0.0278. The third kappa shape index (κ3) is 4.05. The first-order valence-electron chi connectivity index (χ1n) is 6.41. The van der Waals surface area contributed by atoms with Crippen molar-refractivity contribution < 1.29 is 33.3 Å². The second-order valence-electron chi connectivity index (χ2n) is 4.41. The predicted molar refractivity (Wildman–Crippen MR) is 75.5 cm³/mol. The zero-order chi connectivity index (χ0) is 16.7. The van der Waals surface area contributed by atoms with E-state index >= 15 is 0 Å². The number of hydrogen-bond acceptors (Lipinski definition) is 7. The van der Waals surface area contributed by atoms with Crippen LogP contribution in [-0.4, -0.2) is 45.7 Å². The molecule has 0 aromatic heterocycles. The smallest absolute Gasteiger partial charge is 0.339 e. The van der Waals surface area contributed by atoms with Gasteiger partial charge in [-0.3, -0.25) is 4.79 Å². The molecular weight excluding hydrogens is 292 g/mol. The van der Waals surface area contributed by atoms with Crippen molar-refractivity contribution in [2.75, 3.05) is 27.9 Å². The number of carbonyl (C=O) groups is 3. The van der Waals surface area contributed by atoms with Crippen molar-refractivity contribution in [1.29, 1.82) is 0 Å². The number of rotatable bonds is 6. The van der Waals surface area contributed by atoms with Gasteiger partial charge in [-0.25, -0.2) is 9.59 Å². The number of ether oxygens (including phenoxy) is 4. The van der Waals surface area contributed by atoms with Crippen LogP contribution in [0.3, 0.4) is 0 Å². The summed E-state index contributed by atoms with van der Waals surface area (Å²) in [6.07, 6.45) is 2.47. The molecule has 0 fully saturated rings. The molecule has 0 spiro atoms. The quantitative estimate of drug-likeness (QED) is 0.677. The summed E-state index contributed by atoms with van der Waals surface area (Å²) in [5, 5.41) is 0. The molecule has 7 nitrogen and oxygen atoms in total. The van der Waals surface area contributed by atoms with E-state index in [2.05, 4.69) is 4.74 Å². The van der Waals surface area contributed by atoms with Gasteiger partial charge in [0.2, 0.25) is 0 Å². The molecule has 1 aliphatic heterocycles. The first-order valence-corrected chi connectivity index (χ1v) is 6.41. The number of methoxy groups -OCH3 is 3. The van der Waals surface area contributed by atoms with E-state index in [0.717, 1.165) is 0 Å². The zero-order valence-electron chi connectivity index (χ0n) is 12.9. The first kappa shape index (κ1) is 17.6. The van der Waals surface area contributed by atoms with Crippen molar-refractivity contribution in [3.63, 3.8) is 0 Å². The van der Waals surface area contributed by atoms with Crippen LogP contribution in [0, 0.1) is 0 Å². The summed E-state index contributed by atoms with van der Waals surface area (Å²) < 4.78 is 19.8. The van der Waals surface area contributed by atoms with E-state index in [-0.39, 0.29) is 41.3 Å². The van der Waals surface area contributed by atoms with Gasteiger partial charge in [0.25, 0.3) is 0 Å². The molecule has 0 N–H and O–H groups in total. The van der Waals surface area contributed by atoms with E-state index in [1.165, 1.54) is 40.6 Å². The van der Waals surface area contributed by atoms with Gasteiger partial charge in [-0.2, -0.15) is 0 Å². The third-order valence-corrected chi connectivity index (χ3v) is 2.85. The lowest BCUT2D eigenvalue weighted by Gasteiger charge is -2.14. The molecule has 1 aliphatic rings. The Bertz CT molecular complexity index is 566. The Labute approximate surface area is 128 Å². The molecule has 1 heterocycles. The van der Waals surface area contributed by atoms with E-state index in [4.69, 9.17) is 14.2 Å². The monoisotopic (exact) mass is 310 g/mol. The van der Waals surface area contributed by atoms with Crippen LogP contribution in [0.4, 0.5) is 0 Å². The molecule has 0 saturated heterocycles. The Morgan fingerprint density at radius 1 is 1.09 bits per heavy atom. The fourth-order valence-corrected chi connectivity index (χ4v) is 1.93. The average molecular weight is 310 g/mol. The molecule has 120 valence electrons. The van der Waals surface area contributed by atoms with Crippen LogP contribution in [0.2, 0.25) is 0 Å². The maximum Gasteiger partial charge on any atom is 0.339 e. The Kier molecular flexibility index (Phi) is 6.52. The van der Waals surface area contributed by atoms with Gasteiger partial charge in [-0.15, -0.1) is 0 Å². The molecule has 0 bridgehead atoms. The van der Waals surface area contributed by atoms with E-state index in [1.54, 1.807) is 0 Å². The summed E-state index contributed by atoms with van der Waals surface area (Å²) in [7, 11) is 3.80. The Hall–Kier alpha value is -2.41. The van der Waals surface area contributed by atoms with E-state index in [1.807, 2.05) is 0 Å². The van der Waals surface area contributed by atoms with Crippen LogP contribution in [0.1, 0.15) is 13.3 Å². The molecular formula is C15H18O7. The molecule has 0 aromatic rings. The lowest BCUT2D eigenvalue weighted by molar-refractivity contribution is -0.138. The number of carbonyl (C=O) groups excluding carboxylic acids is 3. The van der Waals surface area contributed by atoms with Gasteiger partial charge < -0.3 is 18.9 Å². The second-order valence-corrected chi connectivity index (χ2v) is 4.41. The maximum absolute atomic E-state index is 12.1. The van der Waals surface area contributed by atoms with E-state index < -0.39 is 11.9 Å². The molecule has 0 amide bonds. The molecule has 7 heteroatoms. The standard InChI is InChI=1S/C15H18O7/c1-9(16)7-12-11(8-19-2)13(15(18)21-4)10(5-6-22-12)14(17)20-3/h5-6H,7-8H2,1-4H3. The van der Waals surface area contributed by atoms with Gasteiger partial charge >= 0.3 is 11.9 Å².